The second-order valence-corrected chi connectivity index (χ2v) is 4.80. The van der Waals surface area contributed by atoms with Gasteiger partial charge in [-0.25, -0.2) is 19.3 Å². The molecule has 2 N–H and O–H groups in total. The van der Waals surface area contributed by atoms with Crippen LogP contribution in [0.2, 0.25) is 0 Å². The number of rotatable bonds is 4. The number of benzene rings is 1. The van der Waals surface area contributed by atoms with Crippen LogP contribution < -0.4 is 5.32 Å². The summed E-state index contributed by atoms with van der Waals surface area (Å²) in [5.74, 6) is -1.29. The van der Waals surface area contributed by atoms with Crippen LogP contribution in [-0.4, -0.2) is 58.9 Å². The average molecular weight is 304 g/mol. The highest BCUT2D eigenvalue weighted by molar-refractivity contribution is 6.00. The Morgan fingerprint density at radius 2 is 2.00 bits per heavy atom. The number of carboxylic acid groups (broad SMARTS) is 1. The van der Waals surface area contributed by atoms with Crippen LogP contribution in [0.25, 0.3) is 0 Å². The smallest absolute Gasteiger partial charge is 0.328 e. The molecule has 2 atom stereocenters. The molecular weight excluding hydrogens is 290 g/mol. The normalized spacial score (nSPS) is 19.0. The van der Waals surface area contributed by atoms with Crippen molar-refractivity contribution >= 4 is 24.3 Å². The summed E-state index contributed by atoms with van der Waals surface area (Å²) in [4.78, 5) is 48.0. The van der Waals surface area contributed by atoms with E-state index in [0.29, 0.717) is 10.5 Å². The molecule has 2 unspecified atom stereocenters. The zero-order chi connectivity index (χ0) is 16.3. The van der Waals surface area contributed by atoms with Gasteiger partial charge in [-0.15, -0.1) is 0 Å². The summed E-state index contributed by atoms with van der Waals surface area (Å²) in [6.07, 6.45) is 1.66. The third-order valence-electron chi connectivity index (χ3n) is 3.31. The van der Waals surface area contributed by atoms with Gasteiger partial charge in [0.1, 0.15) is 6.04 Å². The van der Waals surface area contributed by atoms with Gasteiger partial charge in [0, 0.05) is 7.05 Å². The molecule has 1 aromatic rings. The Hall–Kier alpha value is -2.90. The largest absolute Gasteiger partial charge is 0.480 e. The monoisotopic (exact) mass is 304 g/mol. The van der Waals surface area contributed by atoms with E-state index in [2.05, 4.69) is 5.32 Å². The van der Waals surface area contributed by atoms with Crippen LogP contribution in [-0.2, 0) is 9.59 Å². The topological polar surface area (TPSA) is 107 Å². The molecule has 8 heteroatoms. The van der Waals surface area contributed by atoms with Crippen LogP contribution in [0, 0.1) is 0 Å². The summed E-state index contributed by atoms with van der Waals surface area (Å²) in [7, 11) is 1.39. The number of nitrogens with zero attached hydrogens (tertiary/aromatic N) is 2. The summed E-state index contributed by atoms with van der Waals surface area (Å²) in [5, 5.41) is 11.4. The summed E-state index contributed by atoms with van der Waals surface area (Å²) in [6, 6.07) is 4.28. The molecule has 4 amide bonds. The van der Waals surface area contributed by atoms with Crippen molar-refractivity contribution in [1.29, 1.82) is 0 Å². The molecule has 0 saturated carbocycles. The van der Waals surface area contributed by atoms with Crippen molar-refractivity contribution < 1.29 is 24.3 Å². The fraction of sp³-hybridized carbons (Fsp3) is 0.286. The number of hydrogen-bond donors (Lipinski definition) is 2. The summed E-state index contributed by atoms with van der Waals surface area (Å²) >= 11 is 0. The first-order chi connectivity index (χ1) is 10.5. The van der Waals surface area contributed by atoms with Gasteiger partial charge in [0.15, 0.2) is 6.04 Å². The van der Waals surface area contributed by atoms with E-state index in [9.17, 15) is 19.2 Å². The zero-order valence-corrected chi connectivity index (χ0v) is 11.7. The summed E-state index contributed by atoms with van der Waals surface area (Å²) in [5.41, 5.74) is 0.484. The maximum absolute atomic E-state index is 12.2. The van der Waals surface area contributed by atoms with Crippen LogP contribution in [0.1, 0.15) is 11.6 Å². The van der Waals surface area contributed by atoms with E-state index in [4.69, 9.17) is 5.11 Å². The Morgan fingerprint density at radius 3 is 2.55 bits per heavy atom. The third kappa shape index (κ3) is 2.90. The summed E-state index contributed by atoms with van der Waals surface area (Å²) in [6.45, 7) is -0.109. The highest BCUT2D eigenvalue weighted by Crippen LogP contribution is 2.17. The maximum Gasteiger partial charge on any atom is 0.328 e. The van der Waals surface area contributed by atoms with E-state index >= 15 is 0 Å². The fourth-order valence-electron chi connectivity index (χ4n) is 2.17. The number of carbonyl (C=O) groups excluding carboxylic acids is 3. The number of likely N-dealkylation sites (N-methyl/N-ethyl adjacent to an activating group) is 1. The van der Waals surface area contributed by atoms with Crippen molar-refractivity contribution in [2.24, 2.45) is 0 Å². The van der Waals surface area contributed by atoms with Gasteiger partial charge in [-0.1, -0.05) is 30.3 Å². The van der Waals surface area contributed by atoms with Crippen LogP contribution >= 0.6 is 0 Å². The van der Waals surface area contributed by atoms with Crippen LogP contribution in [0.15, 0.2) is 30.3 Å². The minimum Gasteiger partial charge on any atom is -0.480 e. The fourth-order valence-corrected chi connectivity index (χ4v) is 2.17. The quantitative estimate of drug-likeness (QED) is 0.835. The number of carbonyl (C=O) groups is 3. The Bertz CT molecular complexity index is 604. The SMILES string of the molecule is CN1CC(C(=O)O)N(C(=O)NC([C]=O)c2ccccc2)C1=O. The molecule has 22 heavy (non-hydrogen) atoms. The first-order valence-corrected chi connectivity index (χ1v) is 6.46. The first kappa shape index (κ1) is 15.5. The number of amides is 4. The molecule has 0 aliphatic carbocycles. The molecule has 115 valence electrons. The molecule has 1 aromatic carbocycles. The Kier molecular flexibility index (Phi) is 4.40. The summed E-state index contributed by atoms with van der Waals surface area (Å²) < 4.78 is 0. The predicted octanol–water partition coefficient (Wildman–Crippen LogP) is 0.368. The van der Waals surface area contributed by atoms with Crippen LogP contribution in [0.5, 0.6) is 0 Å². The number of imide groups is 1. The lowest BCUT2D eigenvalue weighted by molar-refractivity contribution is -0.140. The van der Waals surface area contributed by atoms with Crippen LogP contribution in [0.4, 0.5) is 9.59 Å². The van der Waals surface area contributed by atoms with E-state index in [-0.39, 0.29) is 6.54 Å². The lowest BCUT2D eigenvalue weighted by atomic mass is 10.1. The van der Waals surface area contributed by atoms with Crippen molar-refractivity contribution in [3.05, 3.63) is 35.9 Å². The van der Waals surface area contributed by atoms with Gasteiger partial charge < -0.3 is 15.3 Å². The van der Waals surface area contributed by atoms with Gasteiger partial charge in [-0.3, -0.25) is 4.79 Å². The number of hydrogen-bond acceptors (Lipinski definition) is 4. The van der Waals surface area contributed by atoms with Crippen molar-refractivity contribution in [1.82, 2.24) is 15.1 Å². The van der Waals surface area contributed by atoms with Gasteiger partial charge in [-0.2, -0.15) is 0 Å². The minimum atomic E-state index is -1.29. The predicted molar refractivity (Wildman–Crippen MR) is 74.7 cm³/mol. The van der Waals surface area contributed by atoms with Crippen molar-refractivity contribution in [2.45, 2.75) is 12.1 Å². The number of aliphatic carboxylic acids is 1. The van der Waals surface area contributed by atoms with E-state index in [1.165, 1.54) is 7.05 Å². The van der Waals surface area contributed by atoms with Gasteiger partial charge >= 0.3 is 18.0 Å². The van der Waals surface area contributed by atoms with Gasteiger partial charge in [0.25, 0.3) is 0 Å². The molecule has 0 aromatic heterocycles. The second-order valence-electron chi connectivity index (χ2n) is 4.80. The van der Waals surface area contributed by atoms with E-state index in [1.807, 2.05) is 0 Å². The van der Waals surface area contributed by atoms with Crippen LogP contribution in [0.3, 0.4) is 0 Å². The average Bonchev–Trinajstić information content (AvgIpc) is 2.81. The molecule has 8 nitrogen and oxygen atoms in total. The molecular formula is C14H14N3O5. The van der Waals surface area contributed by atoms with Gasteiger partial charge in [0.05, 0.1) is 6.54 Å². The molecule has 1 radical (unpaired) electrons. The van der Waals surface area contributed by atoms with E-state index in [0.717, 1.165) is 4.90 Å². The standard InChI is InChI=1S/C14H14N3O5/c1-16-7-11(12(19)20)17(14(16)22)13(21)15-10(8-18)9-5-3-2-4-6-9/h2-6,10-11H,7H2,1H3,(H,15,21)(H,19,20). The minimum absolute atomic E-state index is 0.109. The van der Waals surface area contributed by atoms with Crippen molar-refractivity contribution in [3.63, 3.8) is 0 Å². The zero-order valence-electron chi connectivity index (χ0n) is 11.7. The van der Waals surface area contributed by atoms with Gasteiger partial charge in [0.2, 0.25) is 6.29 Å². The lowest BCUT2D eigenvalue weighted by Gasteiger charge is -2.21. The maximum atomic E-state index is 12.2. The molecule has 1 fully saturated rings. The molecule has 1 aliphatic heterocycles. The molecule has 0 spiro atoms. The molecule has 1 saturated heterocycles. The highest BCUT2D eigenvalue weighted by atomic mass is 16.4. The van der Waals surface area contributed by atoms with E-state index < -0.39 is 30.1 Å². The van der Waals surface area contributed by atoms with Gasteiger partial charge in [-0.05, 0) is 5.56 Å². The van der Waals surface area contributed by atoms with E-state index in [1.54, 1.807) is 36.6 Å². The van der Waals surface area contributed by atoms with Crippen molar-refractivity contribution in [3.8, 4) is 0 Å². The van der Waals surface area contributed by atoms with Crippen molar-refractivity contribution in [2.75, 3.05) is 13.6 Å². The second kappa shape index (κ2) is 6.25. The Morgan fingerprint density at radius 1 is 1.36 bits per heavy atom. The Labute approximate surface area is 126 Å². The molecule has 1 aliphatic rings. The number of urea groups is 2. The number of nitrogens with one attached hydrogen (secondary N) is 1. The molecule has 0 bridgehead atoms. The lowest BCUT2D eigenvalue weighted by Crippen LogP contribution is -2.49. The Balaban J connectivity index is 2.18. The molecule has 2 rings (SSSR count). The first-order valence-electron chi connectivity index (χ1n) is 6.46. The highest BCUT2D eigenvalue weighted by Gasteiger charge is 2.44. The molecule has 1 heterocycles. The third-order valence-corrected chi connectivity index (χ3v) is 3.31. The number of carboxylic acids is 1.